The van der Waals surface area contributed by atoms with Gasteiger partial charge in [0, 0.05) is 26.1 Å². The Morgan fingerprint density at radius 2 is 1.64 bits per heavy atom. The van der Waals surface area contributed by atoms with Gasteiger partial charge in [-0.25, -0.2) is 4.79 Å². The van der Waals surface area contributed by atoms with E-state index < -0.39 is 65.7 Å². The third-order valence-electron chi connectivity index (χ3n) is 8.47. The molecule has 3 fully saturated rings. The average molecular weight is 623 g/mol. The number of ether oxygens (including phenoxy) is 3. The maximum absolute atomic E-state index is 14.2. The maximum Gasteiger partial charge on any atom is 0.408 e. The van der Waals surface area contributed by atoms with Crippen LogP contribution in [0.4, 0.5) is 4.79 Å². The summed E-state index contributed by atoms with van der Waals surface area (Å²) in [5, 5.41) is 8.67. The Morgan fingerprint density at radius 3 is 2.25 bits per heavy atom. The molecule has 1 saturated carbocycles. The quantitative estimate of drug-likeness (QED) is 0.382. The van der Waals surface area contributed by atoms with Crippen molar-refractivity contribution >= 4 is 29.8 Å². The lowest BCUT2D eigenvalue weighted by Gasteiger charge is -2.35. The van der Waals surface area contributed by atoms with Crippen molar-refractivity contribution in [2.75, 3.05) is 13.2 Å². The van der Waals surface area contributed by atoms with Crippen LogP contribution in [0.5, 0.6) is 0 Å². The number of nitrogens with zero attached hydrogens (tertiary/aromatic N) is 1. The van der Waals surface area contributed by atoms with Crippen molar-refractivity contribution in [1.29, 1.82) is 0 Å². The molecule has 3 N–H and O–H groups in total. The molecule has 6 atom stereocenters. The number of carbonyl (C=O) groups is 5. The topological polar surface area (TPSA) is 152 Å². The Balaban J connectivity index is 1.95. The first-order chi connectivity index (χ1) is 20.7. The van der Waals surface area contributed by atoms with E-state index >= 15 is 0 Å². The van der Waals surface area contributed by atoms with Crippen molar-refractivity contribution in [3.8, 4) is 0 Å². The number of nitrogens with one attached hydrogen (secondary N) is 3. The first-order valence-electron chi connectivity index (χ1n) is 16.4. The molecule has 3 aliphatic rings. The number of carbonyl (C=O) groups excluding carboxylic acids is 5. The molecule has 0 aromatic heterocycles. The van der Waals surface area contributed by atoms with Gasteiger partial charge in [0.2, 0.25) is 11.8 Å². The highest BCUT2D eigenvalue weighted by Crippen LogP contribution is 2.32. The van der Waals surface area contributed by atoms with E-state index in [9.17, 15) is 24.0 Å². The minimum atomic E-state index is -1.19. The molecule has 2 heterocycles. The Morgan fingerprint density at radius 1 is 0.977 bits per heavy atom. The first kappa shape index (κ1) is 35.6. The highest BCUT2D eigenvalue weighted by molar-refractivity contribution is 5.93. The van der Waals surface area contributed by atoms with Crippen LogP contribution in [-0.2, 0) is 33.4 Å². The molecule has 1 aliphatic carbocycles. The Hall–Kier alpha value is -2.89. The summed E-state index contributed by atoms with van der Waals surface area (Å²) in [5.74, 6) is -1.96. The van der Waals surface area contributed by atoms with Crippen molar-refractivity contribution in [2.24, 2.45) is 11.8 Å². The standard InChI is InChI=1S/C32H54N4O8/c1-19(2)23-16-17-36-26(23)28(38)34-24(27(43-21(4)37)29(39)33-22-14-15-22)13-11-9-8-10-12-18-42-20(3)25(30(36)40)35-31(41)44-32(5,6)7/h19-20,22-27H,8-18H2,1-7H3,(H,33,39)(H,34,38)(H,35,41)/t20-,23+,24-,25-,26?,27?/m0/s1. The smallest absolute Gasteiger partial charge is 0.408 e. The third-order valence-corrected chi connectivity index (χ3v) is 8.47. The number of hydrogen-bond donors (Lipinski definition) is 3. The fraction of sp³-hybridized carbons (Fsp3) is 0.844. The van der Waals surface area contributed by atoms with Crippen molar-refractivity contribution in [3.63, 3.8) is 0 Å². The van der Waals surface area contributed by atoms with Gasteiger partial charge < -0.3 is 35.1 Å². The zero-order chi connectivity index (χ0) is 32.6. The minimum absolute atomic E-state index is 0.0503. The summed E-state index contributed by atoms with van der Waals surface area (Å²) in [5.41, 5.74) is -0.770. The summed E-state index contributed by atoms with van der Waals surface area (Å²) >= 11 is 0. The fourth-order valence-corrected chi connectivity index (χ4v) is 6.03. The molecule has 3 rings (SSSR count). The second-order valence-corrected chi connectivity index (χ2v) is 13.9. The van der Waals surface area contributed by atoms with Gasteiger partial charge in [0.25, 0.3) is 5.91 Å². The van der Waals surface area contributed by atoms with Crippen LogP contribution in [-0.4, -0.2) is 89.8 Å². The molecule has 0 aromatic carbocycles. The second-order valence-electron chi connectivity index (χ2n) is 13.9. The molecule has 4 amide bonds. The SMILES string of the molecule is CC(=O)OC(C(=O)NC1CC1)[C@@H]1CCCCCCCO[C@@H](C)[C@H](NC(=O)OC(C)(C)C)C(=O)N2CC[C@H](C(C)C)C2C(=O)N1. The molecule has 0 radical (unpaired) electrons. The van der Waals surface area contributed by atoms with Crippen molar-refractivity contribution in [2.45, 2.75) is 148 Å². The van der Waals surface area contributed by atoms with Crippen LogP contribution in [0.25, 0.3) is 0 Å². The van der Waals surface area contributed by atoms with E-state index in [0.717, 1.165) is 44.9 Å². The Bertz CT molecular complexity index is 1020. The Kier molecular flexibility index (Phi) is 12.9. The Labute approximate surface area is 262 Å². The molecule has 12 heteroatoms. The van der Waals surface area contributed by atoms with E-state index in [0.29, 0.717) is 26.0 Å². The summed E-state index contributed by atoms with van der Waals surface area (Å²) in [7, 11) is 0. The van der Waals surface area contributed by atoms with Crippen LogP contribution in [0.3, 0.4) is 0 Å². The van der Waals surface area contributed by atoms with E-state index in [2.05, 4.69) is 16.0 Å². The van der Waals surface area contributed by atoms with Gasteiger partial charge in [-0.2, -0.15) is 0 Å². The minimum Gasteiger partial charge on any atom is -0.450 e. The number of alkyl carbamates (subject to hydrolysis) is 1. The number of rotatable bonds is 6. The van der Waals surface area contributed by atoms with E-state index in [-0.39, 0.29) is 17.9 Å². The summed E-state index contributed by atoms with van der Waals surface area (Å²) in [6, 6.07) is -2.64. The van der Waals surface area contributed by atoms with Gasteiger partial charge in [-0.05, 0) is 71.6 Å². The fourth-order valence-electron chi connectivity index (χ4n) is 6.03. The molecule has 44 heavy (non-hydrogen) atoms. The highest BCUT2D eigenvalue weighted by Gasteiger charge is 2.47. The summed E-state index contributed by atoms with van der Waals surface area (Å²) < 4.78 is 17.0. The average Bonchev–Trinajstić information content (AvgIpc) is 3.61. The molecule has 2 unspecified atom stereocenters. The lowest BCUT2D eigenvalue weighted by molar-refractivity contribution is -0.157. The molecule has 2 aliphatic heterocycles. The third kappa shape index (κ3) is 10.6. The van der Waals surface area contributed by atoms with Crippen LogP contribution in [0, 0.1) is 11.8 Å². The summed E-state index contributed by atoms with van der Waals surface area (Å²) in [6.45, 7) is 13.0. The maximum atomic E-state index is 14.2. The second kappa shape index (κ2) is 15.9. The van der Waals surface area contributed by atoms with Crippen molar-refractivity contribution in [1.82, 2.24) is 20.9 Å². The van der Waals surface area contributed by atoms with E-state index in [4.69, 9.17) is 14.2 Å². The number of amides is 4. The largest absolute Gasteiger partial charge is 0.450 e. The molecule has 0 spiro atoms. The summed E-state index contributed by atoms with van der Waals surface area (Å²) in [6.07, 6.45) is 4.33. The van der Waals surface area contributed by atoms with Gasteiger partial charge in [0.05, 0.1) is 12.1 Å². The van der Waals surface area contributed by atoms with Crippen molar-refractivity contribution < 1.29 is 38.2 Å². The zero-order valence-corrected chi connectivity index (χ0v) is 27.6. The molecule has 12 nitrogen and oxygen atoms in total. The van der Waals surface area contributed by atoms with Gasteiger partial charge >= 0.3 is 12.1 Å². The van der Waals surface area contributed by atoms with Gasteiger partial charge in [-0.1, -0.05) is 39.5 Å². The van der Waals surface area contributed by atoms with Crippen LogP contribution in [0.2, 0.25) is 0 Å². The predicted molar refractivity (Wildman–Crippen MR) is 163 cm³/mol. The van der Waals surface area contributed by atoms with Crippen LogP contribution >= 0.6 is 0 Å². The van der Waals surface area contributed by atoms with E-state index in [1.165, 1.54) is 11.8 Å². The summed E-state index contributed by atoms with van der Waals surface area (Å²) in [4.78, 5) is 68.1. The molecular weight excluding hydrogens is 568 g/mol. The normalized spacial score (nSPS) is 28.5. The molecule has 0 aromatic rings. The monoisotopic (exact) mass is 622 g/mol. The number of fused-ring (bicyclic) bond motifs is 1. The molecule has 2 saturated heterocycles. The van der Waals surface area contributed by atoms with Crippen molar-refractivity contribution in [3.05, 3.63) is 0 Å². The van der Waals surface area contributed by atoms with Gasteiger partial charge in [-0.3, -0.25) is 19.2 Å². The molecular formula is C32H54N4O8. The van der Waals surface area contributed by atoms with E-state index in [1.54, 1.807) is 27.7 Å². The number of esters is 1. The van der Waals surface area contributed by atoms with Gasteiger partial charge in [-0.15, -0.1) is 0 Å². The molecule has 250 valence electrons. The van der Waals surface area contributed by atoms with Crippen LogP contribution < -0.4 is 16.0 Å². The number of hydrogen-bond acceptors (Lipinski definition) is 8. The highest BCUT2D eigenvalue weighted by atomic mass is 16.6. The molecule has 0 bridgehead atoms. The van der Waals surface area contributed by atoms with E-state index in [1.807, 2.05) is 13.8 Å². The zero-order valence-electron chi connectivity index (χ0n) is 27.6. The van der Waals surface area contributed by atoms with Crippen LogP contribution in [0.15, 0.2) is 0 Å². The van der Waals surface area contributed by atoms with Gasteiger partial charge in [0.1, 0.15) is 17.7 Å². The van der Waals surface area contributed by atoms with Gasteiger partial charge in [0.15, 0.2) is 6.10 Å². The van der Waals surface area contributed by atoms with Crippen LogP contribution in [0.1, 0.15) is 106 Å². The first-order valence-corrected chi connectivity index (χ1v) is 16.4. The lowest BCUT2D eigenvalue weighted by atomic mass is 9.87. The predicted octanol–water partition coefficient (Wildman–Crippen LogP) is 3.21. The lowest BCUT2D eigenvalue weighted by Crippen LogP contribution is -2.61.